The Labute approximate surface area is 280 Å². The number of aromatic nitrogens is 4. The van der Waals surface area contributed by atoms with Crippen molar-refractivity contribution >= 4 is 60.9 Å². The number of amides is 1. The number of carbonyl (C=O) groups is 1. The van der Waals surface area contributed by atoms with Crippen molar-refractivity contribution in [2.45, 2.75) is 123 Å². The Morgan fingerprint density at radius 1 is 0.913 bits per heavy atom. The minimum Gasteiger partial charge on any atom is -0.423 e. The van der Waals surface area contributed by atoms with Crippen LogP contribution in [-0.4, -0.2) is 82.2 Å². The molecule has 4 rings (SSSR count). The summed E-state index contributed by atoms with van der Waals surface area (Å²) in [7, 11) is -7.05. The molecule has 9 nitrogen and oxygen atoms in total. The predicted molar refractivity (Wildman–Crippen MR) is 202 cm³/mol. The van der Waals surface area contributed by atoms with Crippen LogP contribution < -0.4 is 5.32 Å². The predicted octanol–water partition coefficient (Wildman–Crippen LogP) is 7.97. The van der Waals surface area contributed by atoms with Crippen molar-refractivity contribution < 1.29 is 18.4 Å². The normalized spacial score (nSPS) is 20.3. The van der Waals surface area contributed by atoms with Gasteiger partial charge in [0.15, 0.2) is 32.2 Å². The Balaban J connectivity index is 1.68. The molecule has 0 radical (unpaired) electrons. The van der Waals surface area contributed by atoms with Crippen molar-refractivity contribution in [1.29, 1.82) is 0 Å². The number of nitrogens with zero attached hydrogens (tertiary/aromatic N) is 4. The average Bonchev–Trinajstić information content (AvgIpc) is 3.50. The van der Waals surface area contributed by atoms with Crippen LogP contribution in [0.5, 0.6) is 0 Å². The first kappa shape index (κ1) is 37.0. The van der Waals surface area contributed by atoms with E-state index in [1.165, 1.54) is 6.33 Å². The number of hydrogen-bond donors (Lipinski definition) is 1. The topological polar surface area (TPSA) is 100 Å². The zero-order valence-corrected chi connectivity index (χ0v) is 35.6. The minimum atomic E-state index is -2.12. The zero-order chi connectivity index (χ0) is 34.5. The van der Waals surface area contributed by atoms with Gasteiger partial charge in [0.05, 0.1) is 41.8 Å². The molecule has 1 N–H and O–H groups in total. The molecule has 1 aliphatic heterocycles. The maximum absolute atomic E-state index is 12.9. The van der Waals surface area contributed by atoms with E-state index in [1.807, 2.05) is 22.8 Å². The molecule has 0 spiro atoms. The summed E-state index contributed by atoms with van der Waals surface area (Å²) in [5.74, 6) is 0.132. The maximum Gasteiger partial charge on any atom is 0.256 e. The van der Waals surface area contributed by atoms with E-state index in [-0.39, 0.29) is 29.4 Å². The lowest BCUT2D eigenvalue weighted by atomic mass is 10.2. The first-order valence-electron chi connectivity index (χ1n) is 16.5. The smallest absolute Gasteiger partial charge is 0.256 e. The zero-order valence-electron chi connectivity index (χ0n) is 30.6. The molecular formula is C32H57N5O4Si5. The molecule has 0 bridgehead atoms. The lowest BCUT2D eigenvalue weighted by Crippen LogP contribution is -2.84. The Hall–Kier alpha value is -1.80. The molecule has 14 heteroatoms. The molecule has 3 aromatic rings. The monoisotopic (exact) mass is 715 g/mol. The Morgan fingerprint density at radius 2 is 1.50 bits per heavy atom. The molecule has 254 valence electrons. The maximum atomic E-state index is 12.9. The number of ether oxygens (including phenoxy) is 1. The fourth-order valence-corrected chi connectivity index (χ4v) is 103. The van der Waals surface area contributed by atoms with E-state index in [2.05, 4.69) is 113 Å². The third-order valence-corrected chi connectivity index (χ3v) is 82.3. The first-order chi connectivity index (χ1) is 21.0. The van der Waals surface area contributed by atoms with Crippen LogP contribution in [0.4, 0.5) is 5.82 Å². The van der Waals surface area contributed by atoms with Crippen molar-refractivity contribution in [3.63, 3.8) is 0 Å². The van der Waals surface area contributed by atoms with Crippen LogP contribution >= 0.6 is 0 Å². The number of carbonyl (C=O) groups excluding carboxylic acids is 1. The van der Waals surface area contributed by atoms with Gasteiger partial charge >= 0.3 is 0 Å². The number of benzene rings is 1. The van der Waals surface area contributed by atoms with E-state index >= 15 is 0 Å². The van der Waals surface area contributed by atoms with Gasteiger partial charge in [-0.05, 0) is 30.3 Å². The summed E-state index contributed by atoms with van der Waals surface area (Å²) < 4.78 is 23.5. The quantitative estimate of drug-likeness (QED) is 0.201. The number of anilines is 1. The Morgan fingerprint density at radius 3 is 2.04 bits per heavy atom. The summed E-state index contributed by atoms with van der Waals surface area (Å²) in [6.07, 6.45) is 3.24. The molecule has 46 heavy (non-hydrogen) atoms. The summed E-state index contributed by atoms with van der Waals surface area (Å²) in [5.41, 5.74) is 1.70. The van der Waals surface area contributed by atoms with Crippen molar-refractivity contribution in [2.24, 2.45) is 0 Å². The minimum absolute atomic E-state index is 0.0603. The van der Waals surface area contributed by atoms with Gasteiger partial charge in [-0.1, -0.05) is 97.9 Å². The lowest BCUT2D eigenvalue weighted by Gasteiger charge is -2.56. The van der Waals surface area contributed by atoms with Gasteiger partial charge in [-0.15, -0.1) is 0 Å². The second kappa shape index (κ2) is 12.9. The number of hydrogen-bond acceptors (Lipinski definition) is 7. The molecule has 1 amide bonds. The third-order valence-electron chi connectivity index (χ3n) is 10.0. The molecule has 3 atom stereocenters. The largest absolute Gasteiger partial charge is 0.423 e. The van der Waals surface area contributed by atoms with Gasteiger partial charge in [0.2, 0.25) is 0 Å². The molecule has 1 saturated heterocycles. The summed E-state index contributed by atoms with van der Waals surface area (Å²) in [4.78, 5) is 26.5. The Kier molecular flexibility index (Phi) is 10.4. The van der Waals surface area contributed by atoms with E-state index in [0.29, 0.717) is 35.6 Å². The second-order valence-electron chi connectivity index (χ2n) is 17.4. The van der Waals surface area contributed by atoms with E-state index in [9.17, 15) is 4.79 Å². The molecule has 0 aliphatic carbocycles. The fraction of sp³-hybridized carbons (Fsp3) is 0.625. The van der Waals surface area contributed by atoms with E-state index < -0.39 is 38.0 Å². The standard InChI is InChI=1S/C32H57N5O4Si5/c1-32(2,3)45(13,14)41-25-20-27(40-26(25)21-39-46(42(4,5)6,43(7,8)9)44(10,11)12)37-23-35-28-29(33-22-34-30(28)37)36-31(38)24-18-16-15-17-19-24/h15-19,22-23,25-27H,20-21H2,1-14H3,(H,33,34,36,38)/t25-,26+,27+/m0/s1. The van der Waals surface area contributed by atoms with Crippen LogP contribution in [0.1, 0.15) is 43.8 Å². The molecule has 0 saturated carbocycles. The lowest BCUT2D eigenvalue weighted by molar-refractivity contribution is -0.0361. The molecule has 2 aromatic heterocycles. The highest BCUT2D eigenvalue weighted by molar-refractivity contribution is 7.87. The van der Waals surface area contributed by atoms with Crippen molar-refractivity contribution in [3.8, 4) is 0 Å². The third kappa shape index (κ3) is 7.14. The van der Waals surface area contributed by atoms with Gasteiger partial charge in [0.1, 0.15) is 18.7 Å². The van der Waals surface area contributed by atoms with Crippen LogP contribution in [0.25, 0.3) is 11.2 Å². The van der Waals surface area contributed by atoms with Gasteiger partial charge in [-0.2, -0.15) is 0 Å². The molecule has 1 aromatic carbocycles. The van der Waals surface area contributed by atoms with Gasteiger partial charge in [0.25, 0.3) is 5.91 Å². The van der Waals surface area contributed by atoms with Crippen LogP contribution in [0.3, 0.4) is 0 Å². The van der Waals surface area contributed by atoms with E-state index in [1.54, 1.807) is 18.5 Å². The highest BCUT2D eigenvalue weighted by Gasteiger charge is 2.64. The highest BCUT2D eigenvalue weighted by Crippen LogP contribution is 2.43. The van der Waals surface area contributed by atoms with Gasteiger partial charge in [-0.25, -0.2) is 15.0 Å². The van der Waals surface area contributed by atoms with Crippen molar-refractivity contribution in [3.05, 3.63) is 48.5 Å². The molecule has 3 heterocycles. The van der Waals surface area contributed by atoms with Crippen LogP contribution in [0.2, 0.25) is 77.1 Å². The number of imidazole rings is 1. The highest BCUT2D eigenvalue weighted by atomic mass is 29.9. The Bertz CT molecular complexity index is 1490. The fourth-order valence-electron chi connectivity index (χ4n) is 7.86. The molecule has 0 unspecified atom stereocenters. The molecule has 1 aliphatic rings. The second-order valence-corrected chi connectivity index (χ2v) is 61.6. The molecule has 1 fully saturated rings. The summed E-state index contributed by atoms with van der Waals surface area (Å²) >= 11 is 0. The summed E-state index contributed by atoms with van der Waals surface area (Å²) in [5, 5.41) is 2.98. The van der Waals surface area contributed by atoms with Crippen LogP contribution in [0.15, 0.2) is 43.0 Å². The van der Waals surface area contributed by atoms with Gasteiger partial charge in [0, 0.05) is 12.0 Å². The van der Waals surface area contributed by atoms with Crippen molar-refractivity contribution in [1.82, 2.24) is 19.5 Å². The SMILES string of the molecule is CC(C)(C)[Si](C)(C)O[C@H]1C[C@H](n2cnc3c(NC(=O)c4ccccc4)ncnc32)O[C@@H]1CO[Si]([Si](C)(C)C)([Si](C)(C)C)[Si](C)(C)C. The summed E-state index contributed by atoms with van der Waals surface area (Å²) in [6.45, 7) is 32.9. The average molecular weight is 716 g/mol. The number of fused-ring (bicyclic) bond motifs is 1. The van der Waals surface area contributed by atoms with Crippen molar-refractivity contribution in [2.75, 3.05) is 11.9 Å². The van der Waals surface area contributed by atoms with Gasteiger partial charge in [-0.3, -0.25) is 9.36 Å². The van der Waals surface area contributed by atoms with E-state index in [0.717, 1.165) is 0 Å². The van der Waals surface area contributed by atoms with Crippen LogP contribution in [0, 0.1) is 0 Å². The molecular weight excluding hydrogens is 659 g/mol. The van der Waals surface area contributed by atoms with Crippen LogP contribution in [-0.2, 0) is 13.6 Å². The summed E-state index contributed by atoms with van der Waals surface area (Å²) in [6, 6.07) is 9.10. The first-order valence-corrected chi connectivity index (χ1v) is 34.8. The number of rotatable bonds is 11. The van der Waals surface area contributed by atoms with Gasteiger partial charge < -0.3 is 18.9 Å². The number of nitrogens with one attached hydrogen (secondary N) is 1. The van der Waals surface area contributed by atoms with E-state index in [4.69, 9.17) is 13.6 Å².